The molecule has 3 nitrogen and oxygen atoms in total. The summed E-state index contributed by atoms with van der Waals surface area (Å²) >= 11 is 1.66. The number of hydrogen-bond acceptors (Lipinski definition) is 4. The van der Waals surface area contributed by atoms with E-state index >= 15 is 0 Å². The Balaban J connectivity index is 2.23. The van der Waals surface area contributed by atoms with Crippen LogP contribution in [0.3, 0.4) is 0 Å². The molecule has 1 atom stereocenters. The maximum Gasteiger partial charge on any atom is 0.0960 e. The Morgan fingerprint density at radius 2 is 1.86 bits per heavy atom. The minimum Gasteiger partial charge on any atom is -0.394 e. The van der Waals surface area contributed by atoms with E-state index in [2.05, 4.69) is 36.3 Å². The summed E-state index contributed by atoms with van der Waals surface area (Å²) in [6.07, 6.45) is 1.79. The van der Waals surface area contributed by atoms with E-state index in [4.69, 9.17) is 0 Å². The molecule has 1 aromatic heterocycles. The van der Waals surface area contributed by atoms with Crippen LogP contribution < -0.4 is 5.32 Å². The lowest BCUT2D eigenvalue weighted by molar-refractivity contribution is 0.170. The maximum absolute atomic E-state index is 10.1. The van der Waals surface area contributed by atoms with Crippen LogP contribution >= 0.6 is 11.8 Å². The quantitative estimate of drug-likeness (QED) is 0.772. The van der Waals surface area contributed by atoms with Gasteiger partial charge in [-0.15, -0.1) is 11.8 Å². The third-order valence-electron chi connectivity index (χ3n) is 3.27. The van der Waals surface area contributed by atoms with Gasteiger partial charge in [-0.2, -0.15) is 0 Å². The van der Waals surface area contributed by atoms with E-state index in [1.54, 1.807) is 18.0 Å². The maximum atomic E-state index is 10.1. The van der Waals surface area contributed by atoms with E-state index < -0.39 is 5.54 Å². The van der Waals surface area contributed by atoms with E-state index in [-0.39, 0.29) is 12.6 Å². The molecule has 1 aromatic carbocycles. The molecule has 0 fully saturated rings. The molecule has 2 rings (SSSR count). The summed E-state index contributed by atoms with van der Waals surface area (Å²) in [5, 5.41) is 14.6. The number of rotatable bonds is 7. The van der Waals surface area contributed by atoms with E-state index in [1.165, 1.54) is 0 Å². The van der Waals surface area contributed by atoms with Crippen LogP contribution in [0.4, 0.5) is 0 Å². The highest BCUT2D eigenvalue weighted by molar-refractivity contribution is 7.99. The molecule has 2 N–H and O–H groups in total. The summed E-state index contributed by atoms with van der Waals surface area (Å²) in [6.45, 7) is 4.24. The Bertz CT molecular complexity index is 533. The van der Waals surface area contributed by atoms with Crippen molar-refractivity contribution in [2.45, 2.75) is 30.5 Å². The summed E-state index contributed by atoms with van der Waals surface area (Å²) in [5.41, 5.74) is 0.641. The lowest BCUT2D eigenvalue weighted by Gasteiger charge is -2.35. The number of pyridine rings is 1. The Morgan fingerprint density at radius 3 is 2.43 bits per heavy atom. The zero-order valence-electron chi connectivity index (χ0n) is 12.5. The van der Waals surface area contributed by atoms with Crippen molar-refractivity contribution in [2.75, 3.05) is 12.4 Å². The number of hydrogen-bond donors (Lipinski definition) is 2. The second-order valence-corrected chi connectivity index (χ2v) is 6.36. The average molecular weight is 302 g/mol. The lowest BCUT2D eigenvalue weighted by Crippen LogP contribution is -2.50. The van der Waals surface area contributed by atoms with Crippen LogP contribution in [0.1, 0.15) is 19.4 Å². The largest absolute Gasteiger partial charge is 0.394 e. The van der Waals surface area contributed by atoms with Crippen molar-refractivity contribution >= 4 is 11.8 Å². The van der Waals surface area contributed by atoms with Crippen molar-refractivity contribution in [1.29, 1.82) is 0 Å². The Morgan fingerprint density at radius 1 is 1.14 bits per heavy atom. The Labute approximate surface area is 130 Å². The molecule has 0 saturated carbocycles. The van der Waals surface area contributed by atoms with Crippen molar-refractivity contribution in [3.8, 4) is 0 Å². The SMILES string of the molecule is CC(C)NC(CO)(CSc1ccccn1)c1ccccc1. The second kappa shape index (κ2) is 7.59. The van der Waals surface area contributed by atoms with Gasteiger partial charge in [-0.3, -0.25) is 0 Å². The van der Waals surface area contributed by atoms with E-state index in [0.717, 1.165) is 16.3 Å². The number of aliphatic hydroxyl groups excluding tert-OH is 1. The van der Waals surface area contributed by atoms with E-state index in [0.29, 0.717) is 0 Å². The number of aromatic nitrogens is 1. The molecule has 2 aromatic rings. The number of aliphatic hydroxyl groups is 1. The molecule has 0 spiro atoms. The summed E-state index contributed by atoms with van der Waals surface area (Å²) in [5.74, 6) is 0.725. The Kier molecular flexibility index (Phi) is 5.79. The van der Waals surface area contributed by atoms with Gasteiger partial charge in [0.2, 0.25) is 0 Å². The monoisotopic (exact) mass is 302 g/mol. The molecule has 0 saturated heterocycles. The van der Waals surface area contributed by atoms with Gasteiger partial charge in [0.05, 0.1) is 17.2 Å². The van der Waals surface area contributed by atoms with Gasteiger partial charge in [0.15, 0.2) is 0 Å². The molecule has 0 aliphatic heterocycles. The normalized spacial score (nSPS) is 14.1. The number of nitrogens with one attached hydrogen (secondary N) is 1. The minimum absolute atomic E-state index is 0.0506. The molecule has 1 heterocycles. The third kappa shape index (κ3) is 4.30. The molecule has 4 heteroatoms. The first kappa shape index (κ1) is 16.0. The molecular weight excluding hydrogens is 280 g/mol. The third-order valence-corrected chi connectivity index (χ3v) is 4.44. The zero-order valence-corrected chi connectivity index (χ0v) is 13.3. The van der Waals surface area contributed by atoms with Gasteiger partial charge in [0, 0.05) is 18.0 Å². The van der Waals surface area contributed by atoms with Crippen LogP contribution in [0.15, 0.2) is 59.8 Å². The first-order chi connectivity index (χ1) is 10.2. The summed E-state index contributed by atoms with van der Waals surface area (Å²) in [4.78, 5) is 4.34. The van der Waals surface area contributed by atoms with E-state index in [1.807, 2.05) is 36.4 Å². The first-order valence-electron chi connectivity index (χ1n) is 7.14. The molecule has 0 radical (unpaired) electrons. The molecule has 0 aliphatic carbocycles. The van der Waals surface area contributed by atoms with Crippen molar-refractivity contribution in [3.63, 3.8) is 0 Å². The average Bonchev–Trinajstić information content (AvgIpc) is 2.53. The van der Waals surface area contributed by atoms with Gasteiger partial charge in [-0.25, -0.2) is 4.98 Å². The predicted octanol–water partition coefficient (Wildman–Crippen LogP) is 3.06. The molecule has 1 unspecified atom stereocenters. The van der Waals surface area contributed by atoms with Crippen LogP contribution in [0.25, 0.3) is 0 Å². The second-order valence-electron chi connectivity index (χ2n) is 5.36. The highest BCUT2D eigenvalue weighted by Gasteiger charge is 2.32. The lowest BCUT2D eigenvalue weighted by atomic mass is 9.92. The number of nitrogens with zero attached hydrogens (tertiary/aromatic N) is 1. The van der Waals surface area contributed by atoms with E-state index in [9.17, 15) is 5.11 Å². The fourth-order valence-electron chi connectivity index (χ4n) is 2.33. The van der Waals surface area contributed by atoms with Crippen molar-refractivity contribution in [1.82, 2.24) is 10.3 Å². The summed E-state index contributed by atoms with van der Waals surface area (Å²) < 4.78 is 0. The first-order valence-corrected chi connectivity index (χ1v) is 8.13. The van der Waals surface area contributed by atoms with Gasteiger partial charge in [0.1, 0.15) is 0 Å². The standard InChI is InChI=1S/C17H22N2OS/c1-14(2)19-17(12-20,15-8-4-3-5-9-15)13-21-16-10-6-7-11-18-16/h3-11,14,19-20H,12-13H2,1-2H3. The van der Waals surface area contributed by atoms with Crippen LogP contribution in [-0.4, -0.2) is 28.5 Å². The van der Waals surface area contributed by atoms with Gasteiger partial charge in [-0.1, -0.05) is 36.4 Å². The predicted molar refractivity (Wildman–Crippen MR) is 88.4 cm³/mol. The van der Waals surface area contributed by atoms with Crippen LogP contribution in [-0.2, 0) is 5.54 Å². The van der Waals surface area contributed by atoms with Gasteiger partial charge in [-0.05, 0) is 31.5 Å². The fourth-order valence-corrected chi connectivity index (χ4v) is 3.38. The molecule has 112 valence electrons. The van der Waals surface area contributed by atoms with Crippen LogP contribution in [0, 0.1) is 0 Å². The molecule has 0 bridgehead atoms. The zero-order chi connectivity index (χ0) is 15.1. The van der Waals surface area contributed by atoms with Crippen LogP contribution in [0.2, 0.25) is 0 Å². The molecular formula is C17H22N2OS. The highest BCUT2D eigenvalue weighted by atomic mass is 32.2. The molecule has 0 aliphatic rings. The summed E-state index contributed by atoms with van der Waals surface area (Å²) in [7, 11) is 0. The highest BCUT2D eigenvalue weighted by Crippen LogP contribution is 2.29. The van der Waals surface area contributed by atoms with Gasteiger partial charge >= 0.3 is 0 Å². The minimum atomic E-state index is -0.461. The van der Waals surface area contributed by atoms with Crippen LogP contribution in [0.5, 0.6) is 0 Å². The van der Waals surface area contributed by atoms with Crippen molar-refractivity contribution < 1.29 is 5.11 Å². The number of benzene rings is 1. The summed E-state index contributed by atoms with van der Waals surface area (Å²) in [6, 6.07) is 16.3. The number of thioether (sulfide) groups is 1. The van der Waals surface area contributed by atoms with Gasteiger partial charge < -0.3 is 10.4 Å². The smallest absolute Gasteiger partial charge is 0.0960 e. The van der Waals surface area contributed by atoms with Crippen molar-refractivity contribution in [2.24, 2.45) is 0 Å². The molecule has 0 amide bonds. The molecule has 21 heavy (non-hydrogen) atoms. The van der Waals surface area contributed by atoms with Crippen molar-refractivity contribution in [3.05, 3.63) is 60.3 Å². The topological polar surface area (TPSA) is 45.1 Å². The van der Waals surface area contributed by atoms with Gasteiger partial charge in [0.25, 0.3) is 0 Å². The Hall–Kier alpha value is -1.36. The fraction of sp³-hybridized carbons (Fsp3) is 0.353.